The van der Waals surface area contributed by atoms with E-state index < -0.39 is 12.1 Å². The molecule has 0 bridgehead atoms. The molecule has 2 amide bonds. The van der Waals surface area contributed by atoms with E-state index in [2.05, 4.69) is 21.2 Å². The number of urea groups is 1. The van der Waals surface area contributed by atoms with E-state index in [4.69, 9.17) is 19.2 Å². The van der Waals surface area contributed by atoms with Gasteiger partial charge in [-0.2, -0.15) is 0 Å². The van der Waals surface area contributed by atoms with Crippen LogP contribution >= 0.6 is 15.9 Å². The molecule has 4 rings (SSSR count). The van der Waals surface area contributed by atoms with E-state index in [-0.39, 0.29) is 5.56 Å². The van der Waals surface area contributed by atoms with E-state index in [1.54, 1.807) is 62.5 Å². The zero-order chi connectivity index (χ0) is 26.7. The minimum atomic E-state index is -0.615. The number of nitrogens with one attached hydrogen (secondary N) is 1. The van der Waals surface area contributed by atoms with Gasteiger partial charge in [-0.05, 0) is 47.1 Å². The highest BCUT2D eigenvalue weighted by Crippen LogP contribution is 2.37. The summed E-state index contributed by atoms with van der Waals surface area (Å²) in [6, 6.07) is 16.6. The number of hydrogen-bond donors (Lipinski definition) is 1. The third kappa shape index (κ3) is 4.97. The van der Waals surface area contributed by atoms with Crippen molar-refractivity contribution in [2.75, 3.05) is 33.7 Å². The number of anilines is 1. The summed E-state index contributed by atoms with van der Waals surface area (Å²) in [6.07, 6.45) is 0. The smallest absolute Gasteiger partial charge is 0.322 e. The Labute approximate surface area is 222 Å². The summed E-state index contributed by atoms with van der Waals surface area (Å²) in [4.78, 5) is 33.4. The van der Waals surface area contributed by atoms with E-state index in [0.717, 1.165) is 0 Å². The number of ether oxygens (including phenoxy) is 3. The maximum absolute atomic E-state index is 13.9. The second-order valence-electron chi connectivity index (χ2n) is 8.21. The molecule has 0 saturated carbocycles. The van der Waals surface area contributed by atoms with Crippen molar-refractivity contribution in [3.05, 3.63) is 81.3 Å². The summed E-state index contributed by atoms with van der Waals surface area (Å²) in [5.41, 5.74) is 1.23. The first-order valence-electron chi connectivity index (χ1n) is 11.4. The van der Waals surface area contributed by atoms with Crippen molar-refractivity contribution in [2.24, 2.45) is 0 Å². The molecule has 0 radical (unpaired) electrons. The number of aromatic nitrogens is 2. The first-order chi connectivity index (χ1) is 17.8. The zero-order valence-electron chi connectivity index (χ0n) is 21.1. The second kappa shape index (κ2) is 10.9. The highest BCUT2D eigenvalue weighted by Gasteiger charge is 2.26. The largest absolute Gasteiger partial charge is 0.497 e. The molecule has 1 atom stereocenters. The first kappa shape index (κ1) is 26.0. The molecular formula is C27H27BrN4O5. The molecule has 0 aliphatic heterocycles. The zero-order valence-corrected chi connectivity index (χ0v) is 22.7. The molecule has 192 valence electrons. The molecule has 0 fully saturated rings. The van der Waals surface area contributed by atoms with Crippen LogP contribution < -0.4 is 25.1 Å². The van der Waals surface area contributed by atoms with Gasteiger partial charge in [-0.1, -0.05) is 24.3 Å². The Hall–Kier alpha value is -4.05. The first-order valence-corrected chi connectivity index (χ1v) is 12.2. The van der Waals surface area contributed by atoms with Crippen molar-refractivity contribution >= 4 is 38.6 Å². The van der Waals surface area contributed by atoms with Gasteiger partial charge in [-0.15, -0.1) is 0 Å². The maximum atomic E-state index is 13.9. The van der Waals surface area contributed by atoms with Crippen LogP contribution in [0.1, 0.15) is 18.8 Å². The van der Waals surface area contributed by atoms with Gasteiger partial charge in [0.2, 0.25) is 0 Å². The summed E-state index contributed by atoms with van der Waals surface area (Å²) in [7, 11) is 6.25. The van der Waals surface area contributed by atoms with E-state index in [1.165, 1.54) is 30.8 Å². The monoisotopic (exact) mass is 566 g/mol. The van der Waals surface area contributed by atoms with Crippen molar-refractivity contribution in [3.63, 3.8) is 0 Å². The van der Waals surface area contributed by atoms with Crippen LogP contribution in [0.25, 0.3) is 16.6 Å². The highest BCUT2D eigenvalue weighted by molar-refractivity contribution is 9.10. The number of benzene rings is 3. The lowest BCUT2D eigenvalue weighted by Crippen LogP contribution is -2.37. The van der Waals surface area contributed by atoms with Gasteiger partial charge in [0.05, 0.1) is 54.1 Å². The van der Waals surface area contributed by atoms with Crippen LogP contribution in [0.3, 0.4) is 0 Å². The number of nitrogens with zero attached hydrogens (tertiary/aromatic N) is 3. The lowest BCUT2D eigenvalue weighted by Gasteiger charge is -2.28. The molecule has 9 nitrogen and oxygen atoms in total. The molecule has 0 saturated heterocycles. The molecule has 0 aliphatic carbocycles. The van der Waals surface area contributed by atoms with Gasteiger partial charge < -0.3 is 24.4 Å². The Kier molecular flexibility index (Phi) is 7.68. The molecule has 10 heteroatoms. The molecular weight excluding hydrogens is 540 g/mol. The fourth-order valence-corrected chi connectivity index (χ4v) is 4.52. The van der Waals surface area contributed by atoms with Crippen LogP contribution in [0.2, 0.25) is 0 Å². The van der Waals surface area contributed by atoms with E-state index in [1.807, 2.05) is 12.1 Å². The Morgan fingerprint density at radius 2 is 1.68 bits per heavy atom. The van der Waals surface area contributed by atoms with E-state index in [9.17, 15) is 9.59 Å². The van der Waals surface area contributed by atoms with Gasteiger partial charge in [-0.25, -0.2) is 9.78 Å². The van der Waals surface area contributed by atoms with Gasteiger partial charge in [-0.3, -0.25) is 9.36 Å². The van der Waals surface area contributed by atoms with Crippen LogP contribution in [-0.2, 0) is 0 Å². The molecule has 1 unspecified atom stereocenters. The fraction of sp³-hybridized carbons (Fsp3) is 0.222. The third-order valence-corrected chi connectivity index (χ3v) is 6.91. The van der Waals surface area contributed by atoms with Crippen LogP contribution in [0.4, 0.5) is 10.5 Å². The molecule has 1 aromatic heterocycles. The standard InChI is InChI=1S/C27H27BrN4O5/c1-16(31(2)27(34)30-20-12-8-9-13-22(20)36-4)25-29-19-11-7-6-10-18(19)26(33)32(25)21-14-17(35-3)15-23(37-5)24(21)28/h6-16H,1-5H3,(H,30,34). The SMILES string of the molecule is COc1cc(OC)c(Br)c(-n2c(C(C)N(C)C(=O)Nc3ccccc3OC)nc3ccccc3c2=O)c1. The number of amides is 2. The van der Waals surface area contributed by atoms with Crippen LogP contribution in [0.5, 0.6) is 17.2 Å². The quantitative estimate of drug-likeness (QED) is 0.322. The normalized spacial score (nSPS) is 11.6. The lowest BCUT2D eigenvalue weighted by atomic mass is 10.2. The Morgan fingerprint density at radius 3 is 2.38 bits per heavy atom. The lowest BCUT2D eigenvalue weighted by molar-refractivity contribution is 0.205. The molecule has 37 heavy (non-hydrogen) atoms. The third-order valence-electron chi connectivity index (χ3n) is 6.12. The van der Waals surface area contributed by atoms with Crippen LogP contribution in [-0.4, -0.2) is 48.9 Å². The second-order valence-corrected chi connectivity index (χ2v) is 9.00. The molecule has 3 aromatic carbocycles. The minimum Gasteiger partial charge on any atom is -0.497 e. The van der Waals surface area contributed by atoms with Gasteiger partial charge in [0.25, 0.3) is 5.56 Å². The number of halogens is 1. The summed E-state index contributed by atoms with van der Waals surface area (Å²) >= 11 is 3.57. The van der Waals surface area contributed by atoms with Gasteiger partial charge >= 0.3 is 6.03 Å². The highest BCUT2D eigenvalue weighted by atomic mass is 79.9. The predicted molar refractivity (Wildman–Crippen MR) is 146 cm³/mol. The molecule has 4 aromatic rings. The number of methoxy groups -OCH3 is 3. The van der Waals surface area contributed by atoms with Crippen LogP contribution in [0, 0.1) is 0 Å². The topological polar surface area (TPSA) is 94.9 Å². The minimum absolute atomic E-state index is 0.290. The van der Waals surface area contributed by atoms with Crippen molar-refractivity contribution in [1.29, 1.82) is 0 Å². The summed E-state index contributed by atoms with van der Waals surface area (Å²) in [5.74, 6) is 1.87. The van der Waals surface area contributed by atoms with Gasteiger partial charge in [0, 0.05) is 19.2 Å². The predicted octanol–water partition coefficient (Wildman–Crippen LogP) is 5.40. The van der Waals surface area contributed by atoms with E-state index >= 15 is 0 Å². The molecule has 1 heterocycles. The van der Waals surface area contributed by atoms with E-state index in [0.29, 0.717) is 49.8 Å². The summed E-state index contributed by atoms with van der Waals surface area (Å²) in [6.45, 7) is 1.81. The van der Waals surface area contributed by atoms with Crippen molar-refractivity contribution in [1.82, 2.24) is 14.5 Å². The van der Waals surface area contributed by atoms with Crippen LogP contribution in [0.15, 0.2) is 69.9 Å². The average molecular weight is 567 g/mol. The number of rotatable bonds is 7. The number of hydrogen-bond acceptors (Lipinski definition) is 6. The summed E-state index contributed by atoms with van der Waals surface area (Å²) in [5, 5.41) is 3.31. The number of carbonyl (C=O) groups excluding carboxylic acids is 1. The Bertz CT molecular complexity index is 1520. The average Bonchev–Trinajstić information content (AvgIpc) is 2.92. The van der Waals surface area contributed by atoms with Gasteiger partial charge in [0.1, 0.15) is 23.1 Å². The molecule has 1 N–H and O–H groups in total. The van der Waals surface area contributed by atoms with Crippen molar-refractivity contribution in [2.45, 2.75) is 13.0 Å². The number of carbonyl (C=O) groups is 1. The maximum Gasteiger partial charge on any atom is 0.322 e. The number of fused-ring (bicyclic) bond motifs is 1. The summed E-state index contributed by atoms with van der Waals surface area (Å²) < 4.78 is 18.3. The molecule has 0 spiro atoms. The Balaban J connectivity index is 1.87. The molecule has 0 aliphatic rings. The van der Waals surface area contributed by atoms with Crippen molar-refractivity contribution in [3.8, 4) is 22.9 Å². The fourth-order valence-electron chi connectivity index (χ4n) is 3.95. The number of para-hydroxylation sites is 3. The van der Waals surface area contributed by atoms with Crippen molar-refractivity contribution < 1.29 is 19.0 Å². The van der Waals surface area contributed by atoms with Gasteiger partial charge in [0.15, 0.2) is 0 Å². The Morgan fingerprint density at radius 1 is 1.00 bits per heavy atom.